The highest BCUT2D eigenvalue weighted by molar-refractivity contribution is 6.31. The normalized spacial score (nSPS) is 10.1. The molecule has 0 N–H and O–H groups in total. The molecule has 4 nitrogen and oxygen atoms in total. The molecule has 0 bridgehead atoms. The van der Waals surface area contributed by atoms with E-state index in [2.05, 4.69) is 0 Å². The lowest BCUT2D eigenvalue weighted by Crippen LogP contribution is -1.91. The van der Waals surface area contributed by atoms with Crippen LogP contribution in [0.2, 0.25) is 5.02 Å². The van der Waals surface area contributed by atoms with E-state index in [4.69, 9.17) is 11.6 Å². The molecule has 0 saturated carbocycles. The number of carbonyl (C=O) groups is 1. The second-order valence-electron chi connectivity index (χ2n) is 3.66. The van der Waals surface area contributed by atoms with Crippen LogP contribution in [-0.2, 0) is 0 Å². The van der Waals surface area contributed by atoms with Crippen LogP contribution in [0.1, 0.15) is 10.4 Å². The van der Waals surface area contributed by atoms with Gasteiger partial charge in [-0.25, -0.2) is 0 Å². The van der Waals surface area contributed by atoms with E-state index in [0.29, 0.717) is 28.0 Å². The third kappa shape index (κ3) is 2.38. The largest absolute Gasteiger partial charge is 0.298 e. The quantitative estimate of drug-likeness (QED) is 0.480. The zero-order valence-corrected chi connectivity index (χ0v) is 9.92. The summed E-state index contributed by atoms with van der Waals surface area (Å²) in [5.74, 6) is 0. The van der Waals surface area contributed by atoms with Gasteiger partial charge in [0.05, 0.1) is 4.92 Å². The molecule has 0 saturated heterocycles. The fourth-order valence-corrected chi connectivity index (χ4v) is 1.86. The molecule has 0 radical (unpaired) electrons. The Morgan fingerprint density at radius 2 is 1.94 bits per heavy atom. The van der Waals surface area contributed by atoms with E-state index >= 15 is 0 Å². The molecular weight excluding hydrogens is 254 g/mol. The molecule has 2 rings (SSSR count). The maximum Gasteiger partial charge on any atom is 0.270 e. The lowest BCUT2D eigenvalue weighted by Gasteiger charge is -2.05. The van der Waals surface area contributed by atoms with E-state index < -0.39 is 4.92 Å². The van der Waals surface area contributed by atoms with Gasteiger partial charge in [0, 0.05) is 22.7 Å². The first kappa shape index (κ1) is 12.3. The van der Waals surface area contributed by atoms with Crippen LogP contribution in [0.15, 0.2) is 42.5 Å². The van der Waals surface area contributed by atoms with Crippen molar-refractivity contribution < 1.29 is 9.72 Å². The second-order valence-corrected chi connectivity index (χ2v) is 4.09. The number of nitro groups is 1. The van der Waals surface area contributed by atoms with Crippen LogP contribution in [0, 0.1) is 10.1 Å². The number of rotatable bonds is 3. The fraction of sp³-hybridized carbons (Fsp3) is 0. The zero-order chi connectivity index (χ0) is 13.1. The third-order valence-electron chi connectivity index (χ3n) is 2.51. The Morgan fingerprint density at radius 1 is 1.17 bits per heavy atom. The molecule has 0 heterocycles. The highest BCUT2D eigenvalue weighted by Crippen LogP contribution is 2.28. The van der Waals surface area contributed by atoms with E-state index in [1.165, 1.54) is 18.2 Å². The Hall–Kier alpha value is -2.20. The van der Waals surface area contributed by atoms with E-state index in [1.54, 1.807) is 24.3 Å². The van der Waals surface area contributed by atoms with Crippen molar-refractivity contribution in [2.75, 3.05) is 0 Å². The van der Waals surface area contributed by atoms with Gasteiger partial charge in [0.15, 0.2) is 6.29 Å². The van der Waals surface area contributed by atoms with Gasteiger partial charge in [0.1, 0.15) is 0 Å². The van der Waals surface area contributed by atoms with E-state index in [0.717, 1.165) is 0 Å². The monoisotopic (exact) mass is 261 g/mol. The van der Waals surface area contributed by atoms with Crippen molar-refractivity contribution in [1.29, 1.82) is 0 Å². The molecule has 2 aromatic carbocycles. The van der Waals surface area contributed by atoms with Crippen molar-refractivity contribution in [3.63, 3.8) is 0 Å². The predicted octanol–water partition coefficient (Wildman–Crippen LogP) is 3.73. The van der Waals surface area contributed by atoms with Crippen LogP contribution < -0.4 is 0 Å². The number of non-ortho nitro benzene ring substituents is 1. The van der Waals surface area contributed by atoms with Gasteiger partial charge in [-0.05, 0) is 23.3 Å². The van der Waals surface area contributed by atoms with Gasteiger partial charge in [-0.15, -0.1) is 0 Å². The van der Waals surface area contributed by atoms with E-state index in [-0.39, 0.29) is 5.69 Å². The Balaban J connectivity index is 2.58. The van der Waals surface area contributed by atoms with Crippen LogP contribution in [0.4, 0.5) is 5.69 Å². The molecule has 0 spiro atoms. The van der Waals surface area contributed by atoms with Crippen LogP contribution in [-0.4, -0.2) is 11.2 Å². The number of benzene rings is 2. The molecule has 0 atom stereocenters. The van der Waals surface area contributed by atoms with E-state index in [1.807, 2.05) is 0 Å². The van der Waals surface area contributed by atoms with E-state index in [9.17, 15) is 14.9 Å². The Bertz CT molecular complexity index is 625. The molecule has 0 aliphatic carbocycles. The average Bonchev–Trinajstić information content (AvgIpc) is 2.38. The van der Waals surface area contributed by atoms with Gasteiger partial charge in [-0.3, -0.25) is 14.9 Å². The summed E-state index contributed by atoms with van der Waals surface area (Å²) in [4.78, 5) is 21.2. The molecule has 0 amide bonds. The summed E-state index contributed by atoms with van der Waals surface area (Å²) in [6, 6.07) is 11.0. The lowest BCUT2D eigenvalue weighted by atomic mass is 10.00. The van der Waals surface area contributed by atoms with Gasteiger partial charge in [-0.1, -0.05) is 29.8 Å². The number of hydrogen-bond acceptors (Lipinski definition) is 3. The van der Waals surface area contributed by atoms with Crippen LogP contribution in [0.5, 0.6) is 0 Å². The number of carbonyl (C=O) groups excluding carboxylic acids is 1. The van der Waals surface area contributed by atoms with Crippen molar-refractivity contribution in [3.8, 4) is 11.1 Å². The van der Waals surface area contributed by atoms with Gasteiger partial charge < -0.3 is 0 Å². The minimum Gasteiger partial charge on any atom is -0.298 e. The molecule has 5 heteroatoms. The highest BCUT2D eigenvalue weighted by Gasteiger charge is 2.10. The Kier molecular flexibility index (Phi) is 3.39. The SMILES string of the molecule is O=Cc1cc(Cl)ccc1-c1cccc([N+](=O)[O-])c1. The molecule has 2 aromatic rings. The van der Waals surface area contributed by atoms with Crippen molar-refractivity contribution >= 4 is 23.6 Å². The van der Waals surface area contributed by atoms with Crippen molar-refractivity contribution in [3.05, 3.63) is 63.2 Å². The summed E-state index contributed by atoms with van der Waals surface area (Å²) >= 11 is 5.80. The Labute approximate surface area is 108 Å². The number of nitro benzene ring substituents is 1. The third-order valence-corrected chi connectivity index (χ3v) is 2.74. The average molecular weight is 262 g/mol. The first-order chi connectivity index (χ1) is 8.61. The number of aldehydes is 1. The topological polar surface area (TPSA) is 60.2 Å². The molecule has 18 heavy (non-hydrogen) atoms. The summed E-state index contributed by atoms with van der Waals surface area (Å²) in [6.45, 7) is 0. The van der Waals surface area contributed by atoms with Gasteiger partial charge in [0.25, 0.3) is 5.69 Å². The molecular formula is C13H8ClNO3. The van der Waals surface area contributed by atoms with Crippen molar-refractivity contribution in [1.82, 2.24) is 0 Å². The first-order valence-corrected chi connectivity index (χ1v) is 5.49. The second kappa shape index (κ2) is 4.98. The van der Waals surface area contributed by atoms with Gasteiger partial charge >= 0.3 is 0 Å². The number of hydrogen-bond donors (Lipinski definition) is 0. The molecule has 0 unspecified atom stereocenters. The molecule has 0 aromatic heterocycles. The molecule has 90 valence electrons. The minimum atomic E-state index is -0.472. The molecule has 0 aliphatic rings. The predicted molar refractivity (Wildman–Crippen MR) is 68.9 cm³/mol. The molecule has 0 fully saturated rings. The maximum atomic E-state index is 11.0. The first-order valence-electron chi connectivity index (χ1n) is 5.11. The summed E-state index contributed by atoms with van der Waals surface area (Å²) in [7, 11) is 0. The molecule has 0 aliphatic heterocycles. The maximum absolute atomic E-state index is 11.0. The van der Waals surface area contributed by atoms with Crippen LogP contribution in [0.25, 0.3) is 11.1 Å². The standard InChI is InChI=1S/C13H8ClNO3/c14-11-4-5-13(10(6-11)8-16)9-2-1-3-12(7-9)15(17)18/h1-8H. The summed E-state index contributed by atoms with van der Waals surface area (Å²) in [5, 5.41) is 11.2. The van der Waals surface area contributed by atoms with Crippen molar-refractivity contribution in [2.24, 2.45) is 0 Å². The smallest absolute Gasteiger partial charge is 0.270 e. The summed E-state index contributed by atoms with van der Waals surface area (Å²) in [6.07, 6.45) is 0.681. The fourth-order valence-electron chi connectivity index (χ4n) is 1.68. The number of halogens is 1. The minimum absolute atomic E-state index is 0.0145. The summed E-state index contributed by atoms with van der Waals surface area (Å²) in [5.41, 5.74) is 1.63. The number of nitrogens with zero attached hydrogens (tertiary/aromatic N) is 1. The zero-order valence-electron chi connectivity index (χ0n) is 9.17. The van der Waals surface area contributed by atoms with Crippen LogP contribution >= 0.6 is 11.6 Å². The van der Waals surface area contributed by atoms with Crippen molar-refractivity contribution in [2.45, 2.75) is 0 Å². The summed E-state index contributed by atoms with van der Waals surface area (Å²) < 4.78 is 0. The lowest BCUT2D eigenvalue weighted by molar-refractivity contribution is -0.384. The van der Waals surface area contributed by atoms with Crippen LogP contribution in [0.3, 0.4) is 0 Å². The van der Waals surface area contributed by atoms with Gasteiger partial charge in [0.2, 0.25) is 0 Å². The van der Waals surface area contributed by atoms with Gasteiger partial charge in [-0.2, -0.15) is 0 Å². The Morgan fingerprint density at radius 3 is 2.61 bits per heavy atom. The highest BCUT2D eigenvalue weighted by atomic mass is 35.5.